The molecule has 2 aromatic heterocycles. The summed E-state index contributed by atoms with van der Waals surface area (Å²) in [5.74, 6) is 0.912. The molecule has 2 heterocycles. The Hall–Kier alpha value is -1.76. The Kier molecular flexibility index (Phi) is 4.49. The van der Waals surface area contributed by atoms with Crippen molar-refractivity contribution in [3.63, 3.8) is 0 Å². The molecule has 7 heteroatoms. The summed E-state index contributed by atoms with van der Waals surface area (Å²) < 4.78 is 1.77. The van der Waals surface area contributed by atoms with E-state index in [1.165, 1.54) is 17.7 Å². The number of hydrogen-bond acceptors (Lipinski definition) is 5. The first-order chi connectivity index (χ1) is 9.52. The number of amides is 1. The number of hydrogen-bond donors (Lipinski definition) is 1. The van der Waals surface area contributed by atoms with Gasteiger partial charge >= 0.3 is 0 Å². The normalized spacial score (nSPS) is 12.7. The van der Waals surface area contributed by atoms with E-state index in [-0.39, 0.29) is 11.9 Å². The van der Waals surface area contributed by atoms with Gasteiger partial charge in [-0.2, -0.15) is 5.10 Å². The van der Waals surface area contributed by atoms with E-state index in [0.29, 0.717) is 10.9 Å². The molecule has 0 aliphatic rings. The minimum Gasteiger partial charge on any atom is -0.340 e. The first kappa shape index (κ1) is 14.6. The van der Waals surface area contributed by atoms with Crippen LogP contribution in [0.4, 0.5) is 0 Å². The molecular formula is C13H19N5OS. The second-order valence-corrected chi connectivity index (χ2v) is 5.72. The summed E-state index contributed by atoms with van der Waals surface area (Å²) in [6, 6.07) is -0.198. The summed E-state index contributed by atoms with van der Waals surface area (Å²) in [6.07, 6.45) is 1.50. The number of thiazole rings is 1. The topological polar surface area (TPSA) is 72.7 Å². The van der Waals surface area contributed by atoms with E-state index in [0.717, 1.165) is 18.1 Å². The molecule has 0 saturated carbocycles. The highest BCUT2D eigenvalue weighted by atomic mass is 32.1. The molecule has 0 aliphatic carbocycles. The lowest BCUT2D eigenvalue weighted by Crippen LogP contribution is -2.28. The van der Waals surface area contributed by atoms with Crippen LogP contribution in [0, 0.1) is 0 Å². The average molecular weight is 293 g/mol. The van der Waals surface area contributed by atoms with Crippen molar-refractivity contribution in [2.24, 2.45) is 0 Å². The predicted octanol–water partition coefficient (Wildman–Crippen LogP) is 2.37. The molecule has 1 N–H and O–H groups in total. The van der Waals surface area contributed by atoms with E-state index in [1.807, 2.05) is 19.2 Å². The fourth-order valence-corrected chi connectivity index (χ4v) is 2.71. The SMILES string of the molecule is CCn1ncnc1[C@@H](C)NC(=O)c1nc(C(C)C)cs1. The van der Waals surface area contributed by atoms with Crippen LogP contribution in [-0.2, 0) is 6.54 Å². The van der Waals surface area contributed by atoms with Crippen molar-refractivity contribution >= 4 is 17.2 Å². The molecule has 0 bridgehead atoms. The zero-order chi connectivity index (χ0) is 14.7. The number of rotatable bonds is 5. The maximum Gasteiger partial charge on any atom is 0.280 e. The van der Waals surface area contributed by atoms with Gasteiger partial charge in [-0.1, -0.05) is 13.8 Å². The van der Waals surface area contributed by atoms with Gasteiger partial charge in [0, 0.05) is 11.9 Å². The summed E-state index contributed by atoms with van der Waals surface area (Å²) in [7, 11) is 0. The second-order valence-electron chi connectivity index (χ2n) is 4.86. The molecule has 0 aliphatic heterocycles. The van der Waals surface area contributed by atoms with Crippen molar-refractivity contribution in [3.05, 3.63) is 28.2 Å². The van der Waals surface area contributed by atoms with Crippen molar-refractivity contribution in [2.75, 3.05) is 0 Å². The molecule has 0 aromatic carbocycles. The molecule has 0 fully saturated rings. The molecule has 0 unspecified atom stereocenters. The minimum atomic E-state index is -0.198. The van der Waals surface area contributed by atoms with Gasteiger partial charge in [0.1, 0.15) is 12.2 Å². The Balaban J connectivity index is 2.07. The molecule has 2 aromatic rings. The Labute approximate surface area is 122 Å². The number of carbonyl (C=O) groups excluding carboxylic acids is 1. The Bertz CT molecular complexity index is 589. The second kappa shape index (κ2) is 6.13. The Morgan fingerprint density at radius 3 is 2.80 bits per heavy atom. The van der Waals surface area contributed by atoms with Gasteiger partial charge in [0.2, 0.25) is 0 Å². The van der Waals surface area contributed by atoms with Crippen LogP contribution < -0.4 is 5.32 Å². The van der Waals surface area contributed by atoms with E-state index in [1.54, 1.807) is 4.68 Å². The highest BCUT2D eigenvalue weighted by Gasteiger charge is 2.18. The highest BCUT2D eigenvalue weighted by molar-refractivity contribution is 7.11. The van der Waals surface area contributed by atoms with Crippen molar-refractivity contribution < 1.29 is 4.79 Å². The van der Waals surface area contributed by atoms with Gasteiger partial charge < -0.3 is 5.32 Å². The highest BCUT2D eigenvalue weighted by Crippen LogP contribution is 2.18. The molecule has 6 nitrogen and oxygen atoms in total. The van der Waals surface area contributed by atoms with Crippen molar-refractivity contribution in [1.82, 2.24) is 25.1 Å². The number of nitrogens with one attached hydrogen (secondary N) is 1. The van der Waals surface area contributed by atoms with E-state index >= 15 is 0 Å². The molecule has 2 rings (SSSR count). The fraction of sp³-hybridized carbons (Fsp3) is 0.538. The van der Waals surface area contributed by atoms with Gasteiger partial charge in [0.15, 0.2) is 5.01 Å². The number of nitrogens with zero attached hydrogens (tertiary/aromatic N) is 4. The molecular weight excluding hydrogens is 274 g/mol. The van der Waals surface area contributed by atoms with Crippen molar-refractivity contribution in [2.45, 2.75) is 46.2 Å². The van der Waals surface area contributed by atoms with E-state index in [9.17, 15) is 4.79 Å². The summed E-state index contributed by atoms with van der Waals surface area (Å²) in [5.41, 5.74) is 0.949. The largest absolute Gasteiger partial charge is 0.340 e. The van der Waals surface area contributed by atoms with Crippen LogP contribution in [0.5, 0.6) is 0 Å². The lowest BCUT2D eigenvalue weighted by atomic mass is 10.2. The molecule has 108 valence electrons. The number of aromatic nitrogens is 4. The Morgan fingerprint density at radius 2 is 2.20 bits per heavy atom. The molecule has 0 spiro atoms. The third-order valence-corrected chi connectivity index (χ3v) is 3.85. The van der Waals surface area contributed by atoms with Crippen LogP contribution in [0.1, 0.15) is 61.0 Å². The standard InChI is InChI=1S/C13H19N5OS/c1-5-18-11(14-7-15-18)9(4)16-12(19)13-17-10(6-20-13)8(2)3/h6-9H,5H2,1-4H3,(H,16,19)/t9-/m1/s1. The number of aryl methyl sites for hydroxylation is 1. The smallest absolute Gasteiger partial charge is 0.280 e. The van der Waals surface area contributed by atoms with E-state index in [4.69, 9.17) is 0 Å². The molecule has 0 saturated heterocycles. The monoisotopic (exact) mass is 293 g/mol. The fourth-order valence-electron chi connectivity index (χ4n) is 1.83. The third-order valence-electron chi connectivity index (χ3n) is 2.99. The summed E-state index contributed by atoms with van der Waals surface area (Å²) in [6.45, 7) is 8.73. The van der Waals surface area contributed by atoms with Crippen molar-refractivity contribution in [1.29, 1.82) is 0 Å². The van der Waals surface area contributed by atoms with Gasteiger partial charge in [0.05, 0.1) is 11.7 Å². The Morgan fingerprint density at radius 1 is 1.45 bits per heavy atom. The average Bonchev–Trinajstić information content (AvgIpc) is 3.07. The first-order valence-corrected chi connectivity index (χ1v) is 7.54. The van der Waals surface area contributed by atoms with Gasteiger partial charge in [-0.05, 0) is 19.8 Å². The molecule has 1 amide bonds. The van der Waals surface area contributed by atoms with Gasteiger partial charge in [-0.15, -0.1) is 11.3 Å². The summed E-state index contributed by atoms with van der Waals surface area (Å²) in [4.78, 5) is 20.7. The van der Waals surface area contributed by atoms with Gasteiger partial charge in [0.25, 0.3) is 5.91 Å². The number of carbonyl (C=O) groups is 1. The van der Waals surface area contributed by atoms with Crippen LogP contribution in [0.2, 0.25) is 0 Å². The molecule has 20 heavy (non-hydrogen) atoms. The minimum absolute atomic E-state index is 0.167. The summed E-state index contributed by atoms with van der Waals surface area (Å²) >= 11 is 1.37. The quantitative estimate of drug-likeness (QED) is 0.918. The van der Waals surface area contributed by atoms with Gasteiger partial charge in [-0.3, -0.25) is 4.79 Å². The van der Waals surface area contributed by atoms with E-state index in [2.05, 4.69) is 34.2 Å². The van der Waals surface area contributed by atoms with Crippen LogP contribution in [0.15, 0.2) is 11.7 Å². The van der Waals surface area contributed by atoms with Crippen LogP contribution in [-0.4, -0.2) is 25.7 Å². The molecule has 0 radical (unpaired) electrons. The van der Waals surface area contributed by atoms with Crippen LogP contribution in [0.3, 0.4) is 0 Å². The van der Waals surface area contributed by atoms with E-state index < -0.39 is 0 Å². The van der Waals surface area contributed by atoms with Gasteiger partial charge in [-0.25, -0.2) is 14.6 Å². The lowest BCUT2D eigenvalue weighted by molar-refractivity contribution is 0.0937. The third kappa shape index (κ3) is 3.04. The zero-order valence-corrected chi connectivity index (χ0v) is 12.9. The predicted molar refractivity (Wildman–Crippen MR) is 77.8 cm³/mol. The maximum absolute atomic E-state index is 12.2. The molecule has 1 atom stereocenters. The first-order valence-electron chi connectivity index (χ1n) is 6.66. The maximum atomic E-state index is 12.2. The zero-order valence-electron chi connectivity index (χ0n) is 12.1. The van der Waals surface area contributed by atoms with Crippen molar-refractivity contribution in [3.8, 4) is 0 Å². The summed E-state index contributed by atoms with van der Waals surface area (Å²) in [5, 5.41) is 9.43. The lowest BCUT2D eigenvalue weighted by Gasteiger charge is -2.12. The van der Waals surface area contributed by atoms with Crippen LogP contribution in [0.25, 0.3) is 0 Å². The van der Waals surface area contributed by atoms with Crippen LogP contribution >= 0.6 is 11.3 Å².